The van der Waals surface area contributed by atoms with Gasteiger partial charge < -0.3 is 15.3 Å². The van der Waals surface area contributed by atoms with Crippen molar-refractivity contribution in [3.05, 3.63) is 0 Å². The maximum Gasteiger partial charge on any atom is 0.275 e. The molecule has 3 nitrogen and oxygen atoms in total. The van der Waals surface area contributed by atoms with Gasteiger partial charge in [-0.05, 0) is 19.0 Å². The van der Waals surface area contributed by atoms with Crippen LogP contribution in [-0.4, -0.2) is 27.5 Å². The van der Waals surface area contributed by atoms with Crippen LogP contribution in [0.5, 0.6) is 0 Å². The van der Waals surface area contributed by atoms with Crippen LogP contribution in [0.2, 0.25) is 0 Å². The second-order valence-corrected chi connectivity index (χ2v) is 5.43. The van der Waals surface area contributed by atoms with E-state index in [1.165, 1.54) is 51.1 Å². The zero-order valence-electron chi connectivity index (χ0n) is 10.9. The molecule has 0 heterocycles. The lowest BCUT2D eigenvalue weighted by molar-refractivity contribution is -0.315. The maximum absolute atomic E-state index is 8.67. The second-order valence-electron chi connectivity index (χ2n) is 4.85. The van der Waals surface area contributed by atoms with Crippen molar-refractivity contribution in [1.82, 2.24) is 0 Å². The minimum Gasteiger partial charge on any atom is -0.344 e. The van der Waals surface area contributed by atoms with Crippen LogP contribution in [0.1, 0.15) is 70.6 Å². The lowest BCUT2D eigenvalue weighted by atomic mass is 10.1. The fourth-order valence-electron chi connectivity index (χ4n) is 1.92. The summed E-state index contributed by atoms with van der Waals surface area (Å²) in [6.07, 6.45) is 13.3. The molecule has 1 atom stereocenters. The minimum atomic E-state index is -2.46. The monoisotopic (exact) mass is 264 g/mol. The largest absolute Gasteiger partial charge is 0.344 e. The molecule has 0 fully saturated rings. The first-order valence-corrected chi connectivity index (χ1v) is 7.75. The van der Waals surface area contributed by atoms with E-state index in [9.17, 15) is 0 Å². The summed E-state index contributed by atoms with van der Waals surface area (Å²) in [5.74, 6) is -2.46. The van der Waals surface area contributed by atoms with Crippen molar-refractivity contribution in [1.29, 1.82) is 0 Å². The number of hydrogen-bond donors (Lipinski definition) is 3. The van der Waals surface area contributed by atoms with Crippen molar-refractivity contribution in [2.24, 2.45) is 0 Å². The maximum atomic E-state index is 8.67. The lowest BCUT2D eigenvalue weighted by Crippen LogP contribution is -2.26. The molecule has 3 N–H and O–H groups in total. The van der Waals surface area contributed by atoms with Crippen LogP contribution < -0.4 is 0 Å². The molecule has 0 saturated heterocycles. The fourth-order valence-corrected chi connectivity index (χ4v) is 2.21. The molecule has 0 aliphatic heterocycles. The molecule has 0 radical (unpaired) electrons. The standard InChI is InChI=1S/C13H29O3P/c14-13(15,16)11-9-7-5-3-1-2-4-6-8-10-12-17/h14-16H,1-12,17H2. The van der Waals surface area contributed by atoms with Gasteiger partial charge in [0, 0.05) is 6.42 Å². The van der Waals surface area contributed by atoms with Crippen molar-refractivity contribution in [2.75, 3.05) is 6.16 Å². The molecule has 17 heavy (non-hydrogen) atoms. The van der Waals surface area contributed by atoms with Crippen LogP contribution >= 0.6 is 9.24 Å². The van der Waals surface area contributed by atoms with Crippen LogP contribution in [0.15, 0.2) is 0 Å². The molecular weight excluding hydrogens is 235 g/mol. The molecule has 0 bridgehead atoms. The summed E-state index contributed by atoms with van der Waals surface area (Å²) in [6.45, 7) is 0. The van der Waals surface area contributed by atoms with Crippen LogP contribution in [0.4, 0.5) is 0 Å². The van der Waals surface area contributed by atoms with E-state index in [4.69, 9.17) is 15.3 Å². The Morgan fingerprint density at radius 2 is 0.941 bits per heavy atom. The molecular formula is C13H29O3P. The Morgan fingerprint density at radius 1 is 0.588 bits per heavy atom. The summed E-state index contributed by atoms with van der Waals surface area (Å²) in [5, 5.41) is 26.0. The van der Waals surface area contributed by atoms with E-state index in [1.807, 2.05) is 0 Å². The van der Waals surface area contributed by atoms with Gasteiger partial charge in [0.2, 0.25) is 0 Å². The Balaban J connectivity index is 2.99. The van der Waals surface area contributed by atoms with Gasteiger partial charge in [-0.15, -0.1) is 9.24 Å². The predicted octanol–water partition coefficient (Wildman–Crippen LogP) is 2.78. The zero-order valence-corrected chi connectivity index (χ0v) is 12.1. The topological polar surface area (TPSA) is 60.7 Å². The van der Waals surface area contributed by atoms with Crippen molar-refractivity contribution in [3.63, 3.8) is 0 Å². The van der Waals surface area contributed by atoms with Crippen LogP contribution in [0.3, 0.4) is 0 Å². The summed E-state index contributed by atoms with van der Waals surface area (Å²) < 4.78 is 0. The van der Waals surface area contributed by atoms with E-state index in [0.717, 1.165) is 12.8 Å². The molecule has 104 valence electrons. The Labute approximate surface area is 108 Å². The highest BCUT2D eigenvalue weighted by atomic mass is 31.0. The van der Waals surface area contributed by atoms with Gasteiger partial charge in [0.25, 0.3) is 5.97 Å². The van der Waals surface area contributed by atoms with Gasteiger partial charge in [-0.1, -0.05) is 51.4 Å². The van der Waals surface area contributed by atoms with Gasteiger partial charge in [-0.3, -0.25) is 0 Å². The number of aliphatic hydroxyl groups is 3. The third kappa shape index (κ3) is 16.3. The smallest absolute Gasteiger partial charge is 0.275 e. The summed E-state index contributed by atoms with van der Waals surface area (Å²) in [4.78, 5) is 0. The van der Waals surface area contributed by atoms with Gasteiger partial charge in [0.05, 0.1) is 0 Å². The summed E-state index contributed by atoms with van der Waals surface area (Å²) >= 11 is 0. The van der Waals surface area contributed by atoms with Crippen LogP contribution in [0.25, 0.3) is 0 Å². The van der Waals surface area contributed by atoms with Gasteiger partial charge in [-0.2, -0.15) is 0 Å². The van der Waals surface area contributed by atoms with E-state index in [1.54, 1.807) is 0 Å². The molecule has 1 unspecified atom stereocenters. The minimum absolute atomic E-state index is 0.0576. The summed E-state index contributed by atoms with van der Waals surface area (Å²) in [7, 11) is 2.77. The number of unbranched alkanes of at least 4 members (excludes halogenated alkanes) is 9. The predicted molar refractivity (Wildman–Crippen MR) is 74.8 cm³/mol. The van der Waals surface area contributed by atoms with Gasteiger partial charge in [-0.25, -0.2) is 0 Å². The normalized spacial score (nSPS) is 12.0. The fraction of sp³-hybridized carbons (Fsp3) is 1.00. The van der Waals surface area contributed by atoms with E-state index in [-0.39, 0.29) is 6.42 Å². The van der Waals surface area contributed by atoms with E-state index < -0.39 is 5.97 Å². The lowest BCUT2D eigenvalue weighted by Gasteiger charge is -2.12. The van der Waals surface area contributed by atoms with Crippen molar-refractivity contribution in [3.8, 4) is 0 Å². The highest BCUT2D eigenvalue weighted by Crippen LogP contribution is 2.13. The van der Waals surface area contributed by atoms with Crippen molar-refractivity contribution < 1.29 is 15.3 Å². The third-order valence-electron chi connectivity index (χ3n) is 2.97. The third-order valence-corrected chi connectivity index (χ3v) is 3.37. The van der Waals surface area contributed by atoms with E-state index in [0.29, 0.717) is 6.42 Å². The number of hydrogen-bond acceptors (Lipinski definition) is 3. The molecule has 0 saturated carbocycles. The van der Waals surface area contributed by atoms with Gasteiger partial charge >= 0.3 is 0 Å². The van der Waals surface area contributed by atoms with Crippen LogP contribution in [0, 0.1) is 0 Å². The van der Waals surface area contributed by atoms with Crippen molar-refractivity contribution >= 4 is 9.24 Å². The Kier molecular flexibility index (Phi) is 11.6. The van der Waals surface area contributed by atoms with Gasteiger partial charge in [0.15, 0.2) is 0 Å². The first-order valence-electron chi connectivity index (χ1n) is 6.93. The molecule has 0 amide bonds. The molecule has 0 aromatic carbocycles. The Bertz CT molecular complexity index is 157. The average Bonchev–Trinajstić information content (AvgIpc) is 2.24. The summed E-state index contributed by atoms with van der Waals surface area (Å²) in [6, 6.07) is 0. The highest BCUT2D eigenvalue weighted by molar-refractivity contribution is 7.16. The molecule has 0 aliphatic rings. The first kappa shape index (κ1) is 17.3. The van der Waals surface area contributed by atoms with Gasteiger partial charge in [0.1, 0.15) is 0 Å². The zero-order chi connectivity index (χ0) is 13.0. The first-order chi connectivity index (χ1) is 8.06. The molecule has 0 aromatic heterocycles. The van der Waals surface area contributed by atoms with E-state index >= 15 is 0 Å². The molecule has 0 spiro atoms. The Morgan fingerprint density at radius 3 is 1.29 bits per heavy atom. The Hall–Kier alpha value is 0.310. The molecule has 0 aromatic rings. The average molecular weight is 264 g/mol. The molecule has 4 heteroatoms. The molecule has 0 aliphatic carbocycles. The van der Waals surface area contributed by atoms with E-state index in [2.05, 4.69) is 9.24 Å². The second kappa shape index (κ2) is 11.4. The molecule has 0 rings (SSSR count). The summed E-state index contributed by atoms with van der Waals surface area (Å²) in [5.41, 5.74) is 0. The SMILES string of the molecule is OC(O)(O)CCCCCCCCCCCCP. The quantitative estimate of drug-likeness (QED) is 0.288. The number of rotatable bonds is 12. The van der Waals surface area contributed by atoms with Crippen molar-refractivity contribution in [2.45, 2.75) is 76.6 Å². The highest BCUT2D eigenvalue weighted by Gasteiger charge is 2.16. The van der Waals surface area contributed by atoms with Crippen LogP contribution in [-0.2, 0) is 0 Å².